The molecule has 2 nitrogen and oxygen atoms in total. The van der Waals surface area contributed by atoms with Crippen LogP contribution in [0.1, 0.15) is 37.9 Å². The average molecular weight is 348 g/mol. The lowest BCUT2D eigenvalue weighted by molar-refractivity contribution is 0.239. The molecule has 2 aromatic rings. The Morgan fingerprint density at radius 2 is 1.81 bits per heavy atom. The zero-order valence-electron chi connectivity index (χ0n) is 12.8. The Hall–Kier alpha value is -1.32. The summed E-state index contributed by atoms with van der Waals surface area (Å²) in [4.78, 5) is 0. The Balaban J connectivity index is 2.02. The van der Waals surface area contributed by atoms with E-state index in [-0.39, 0.29) is 12.1 Å². The van der Waals surface area contributed by atoms with Crippen molar-refractivity contribution in [2.75, 3.05) is 0 Å². The van der Waals surface area contributed by atoms with Gasteiger partial charge in [0.2, 0.25) is 0 Å². The molecule has 0 bridgehead atoms. The SMILES string of the molecule is CC(C)Oc1ccccc1CN[C@H](C)c1cccc(Br)c1. The molecule has 0 fully saturated rings. The van der Waals surface area contributed by atoms with E-state index in [4.69, 9.17) is 4.74 Å². The lowest BCUT2D eigenvalue weighted by atomic mass is 10.1. The number of halogens is 1. The largest absolute Gasteiger partial charge is 0.491 e. The molecule has 0 aliphatic heterocycles. The average Bonchev–Trinajstić information content (AvgIpc) is 2.45. The standard InChI is InChI=1S/C18H22BrNO/c1-13(2)21-18-10-5-4-7-16(18)12-20-14(3)15-8-6-9-17(19)11-15/h4-11,13-14,20H,12H2,1-3H3/t14-/m1/s1. The summed E-state index contributed by atoms with van der Waals surface area (Å²) in [6, 6.07) is 16.9. The summed E-state index contributed by atoms with van der Waals surface area (Å²) in [6.07, 6.45) is 0.189. The third kappa shape index (κ3) is 4.87. The van der Waals surface area contributed by atoms with Crippen molar-refractivity contribution in [3.8, 4) is 5.75 Å². The third-order valence-corrected chi connectivity index (χ3v) is 3.78. The molecule has 112 valence electrons. The number of ether oxygens (including phenoxy) is 1. The quantitative estimate of drug-likeness (QED) is 0.785. The van der Waals surface area contributed by atoms with Gasteiger partial charge in [0.15, 0.2) is 0 Å². The summed E-state index contributed by atoms with van der Waals surface area (Å²) in [7, 11) is 0. The zero-order chi connectivity index (χ0) is 15.2. The van der Waals surface area contributed by atoms with Gasteiger partial charge in [-0.25, -0.2) is 0 Å². The summed E-state index contributed by atoms with van der Waals surface area (Å²) in [5.74, 6) is 0.960. The first kappa shape index (κ1) is 16.1. The minimum atomic E-state index is 0.189. The van der Waals surface area contributed by atoms with Crippen LogP contribution in [0.25, 0.3) is 0 Å². The molecule has 0 heterocycles. The maximum atomic E-state index is 5.85. The molecule has 3 heteroatoms. The third-order valence-electron chi connectivity index (χ3n) is 3.28. The van der Waals surface area contributed by atoms with Gasteiger partial charge in [0.25, 0.3) is 0 Å². The van der Waals surface area contributed by atoms with Crippen LogP contribution < -0.4 is 10.1 Å². The first-order valence-electron chi connectivity index (χ1n) is 7.29. The molecule has 0 radical (unpaired) electrons. The molecule has 0 saturated carbocycles. The van der Waals surface area contributed by atoms with Crippen molar-refractivity contribution in [2.45, 2.75) is 39.5 Å². The number of nitrogens with one attached hydrogen (secondary N) is 1. The van der Waals surface area contributed by atoms with Gasteiger partial charge in [-0.2, -0.15) is 0 Å². The number of rotatable bonds is 6. The van der Waals surface area contributed by atoms with E-state index in [0.717, 1.165) is 16.8 Å². The Kier molecular flexibility index (Phi) is 5.83. The van der Waals surface area contributed by atoms with Gasteiger partial charge in [-0.3, -0.25) is 0 Å². The van der Waals surface area contributed by atoms with Gasteiger partial charge in [-0.15, -0.1) is 0 Å². The Labute approximate surface area is 135 Å². The number of hydrogen-bond acceptors (Lipinski definition) is 2. The smallest absolute Gasteiger partial charge is 0.124 e. The molecule has 0 saturated heterocycles. The normalized spacial score (nSPS) is 12.4. The van der Waals surface area contributed by atoms with Gasteiger partial charge in [0, 0.05) is 22.6 Å². The van der Waals surface area contributed by atoms with E-state index in [1.165, 1.54) is 11.1 Å². The molecular weight excluding hydrogens is 326 g/mol. The fourth-order valence-electron chi connectivity index (χ4n) is 2.18. The van der Waals surface area contributed by atoms with Gasteiger partial charge >= 0.3 is 0 Å². The summed E-state index contributed by atoms with van der Waals surface area (Å²) >= 11 is 3.52. The van der Waals surface area contributed by atoms with Crippen LogP contribution in [0.3, 0.4) is 0 Å². The van der Waals surface area contributed by atoms with Crippen molar-refractivity contribution in [2.24, 2.45) is 0 Å². The number of hydrogen-bond donors (Lipinski definition) is 1. The highest BCUT2D eigenvalue weighted by Gasteiger charge is 2.08. The second kappa shape index (κ2) is 7.62. The molecule has 1 atom stereocenters. The van der Waals surface area contributed by atoms with Crippen LogP contribution in [0.4, 0.5) is 0 Å². The highest BCUT2D eigenvalue weighted by molar-refractivity contribution is 9.10. The lowest BCUT2D eigenvalue weighted by Gasteiger charge is -2.18. The van der Waals surface area contributed by atoms with Crippen molar-refractivity contribution in [1.82, 2.24) is 5.32 Å². The summed E-state index contributed by atoms with van der Waals surface area (Å²) < 4.78 is 6.96. The van der Waals surface area contributed by atoms with Gasteiger partial charge < -0.3 is 10.1 Å². The highest BCUT2D eigenvalue weighted by Crippen LogP contribution is 2.22. The molecule has 2 rings (SSSR count). The minimum absolute atomic E-state index is 0.189. The van der Waals surface area contributed by atoms with Crippen LogP contribution in [-0.2, 0) is 6.54 Å². The Bertz CT molecular complexity index is 583. The predicted octanol–water partition coefficient (Wildman–Crippen LogP) is 5.09. The van der Waals surface area contributed by atoms with Crippen molar-refractivity contribution >= 4 is 15.9 Å². The molecule has 0 spiro atoms. The van der Waals surface area contributed by atoms with Crippen LogP contribution in [-0.4, -0.2) is 6.10 Å². The van der Waals surface area contributed by atoms with Crippen molar-refractivity contribution < 1.29 is 4.74 Å². The van der Waals surface area contributed by atoms with E-state index in [9.17, 15) is 0 Å². The summed E-state index contributed by atoms with van der Waals surface area (Å²) in [6.45, 7) is 7.06. The second-order valence-electron chi connectivity index (χ2n) is 5.43. The molecule has 0 amide bonds. The van der Waals surface area contributed by atoms with Gasteiger partial charge in [-0.1, -0.05) is 46.3 Å². The zero-order valence-corrected chi connectivity index (χ0v) is 14.4. The first-order valence-corrected chi connectivity index (χ1v) is 8.09. The number of benzene rings is 2. The monoisotopic (exact) mass is 347 g/mol. The molecule has 0 unspecified atom stereocenters. The molecule has 2 aromatic carbocycles. The van der Waals surface area contributed by atoms with Crippen LogP contribution in [0.5, 0.6) is 5.75 Å². The number of para-hydroxylation sites is 1. The lowest BCUT2D eigenvalue weighted by Crippen LogP contribution is -2.19. The van der Waals surface area contributed by atoms with E-state index in [0.29, 0.717) is 0 Å². The van der Waals surface area contributed by atoms with Crippen LogP contribution in [0.15, 0.2) is 53.0 Å². The van der Waals surface area contributed by atoms with Crippen LogP contribution in [0, 0.1) is 0 Å². The summed E-state index contributed by atoms with van der Waals surface area (Å²) in [5.41, 5.74) is 2.46. The van der Waals surface area contributed by atoms with E-state index >= 15 is 0 Å². The first-order chi connectivity index (χ1) is 10.1. The predicted molar refractivity (Wildman–Crippen MR) is 91.6 cm³/mol. The van der Waals surface area contributed by atoms with Crippen molar-refractivity contribution in [3.63, 3.8) is 0 Å². The van der Waals surface area contributed by atoms with E-state index < -0.39 is 0 Å². The van der Waals surface area contributed by atoms with Crippen LogP contribution >= 0.6 is 15.9 Å². The fourth-order valence-corrected chi connectivity index (χ4v) is 2.59. The van der Waals surface area contributed by atoms with Crippen molar-refractivity contribution in [1.29, 1.82) is 0 Å². The maximum Gasteiger partial charge on any atom is 0.124 e. The van der Waals surface area contributed by atoms with Gasteiger partial charge in [0.05, 0.1) is 6.10 Å². The van der Waals surface area contributed by atoms with Gasteiger partial charge in [-0.05, 0) is 44.5 Å². The second-order valence-corrected chi connectivity index (χ2v) is 6.35. The molecule has 0 aromatic heterocycles. The van der Waals surface area contributed by atoms with Crippen LogP contribution in [0.2, 0.25) is 0 Å². The van der Waals surface area contributed by atoms with Gasteiger partial charge in [0.1, 0.15) is 5.75 Å². The minimum Gasteiger partial charge on any atom is -0.491 e. The molecule has 1 N–H and O–H groups in total. The van der Waals surface area contributed by atoms with E-state index in [1.807, 2.05) is 38.1 Å². The highest BCUT2D eigenvalue weighted by atomic mass is 79.9. The Morgan fingerprint density at radius 3 is 2.52 bits per heavy atom. The fraction of sp³-hybridized carbons (Fsp3) is 0.333. The van der Waals surface area contributed by atoms with E-state index in [1.54, 1.807) is 0 Å². The van der Waals surface area contributed by atoms with Crippen molar-refractivity contribution in [3.05, 3.63) is 64.1 Å². The molecule has 0 aliphatic rings. The maximum absolute atomic E-state index is 5.85. The molecular formula is C18H22BrNO. The molecule has 0 aliphatic carbocycles. The topological polar surface area (TPSA) is 21.3 Å². The molecule has 21 heavy (non-hydrogen) atoms. The summed E-state index contributed by atoms with van der Waals surface area (Å²) in [5, 5.41) is 3.56. The van der Waals surface area contributed by atoms with E-state index in [2.05, 4.69) is 52.4 Å². The Morgan fingerprint density at radius 1 is 1.05 bits per heavy atom.